The molecule has 0 aliphatic carbocycles. The van der Waals surface area contributed by atoms with Crippen molar-refractivity contribution in [3.05, 3.63) is 89.5 Å². The van der Waals surface area contributed by atoms with Crippen molar-refractivity contribution in [2.24, 2.45) is 5.10 Å². The van der Waals surface area contributed by atoms with Gasteiger partial charge in [0.25, 0.3) is 0 Å². The molecule has 7 heteroatoms. The number of hydrogen-bond acceptors (Lipinski definition) is 5. The van der Waals surface area contributed by atoms with Crippen molar-refractivity contribution in [2.45, 2.75) is 38.0 Å². The van der Waals surface area contributed by atoms with E-state index in [0.29, 0.717) is 0 Å². The predicted octanol–water partition coefficient (Wildman–Crippen LogP) is 5.02. The lowest BCUT2D eigenvalue weighted by Gasteiger charge is -2.16. The summed E-state index contributed by atoms with van der Waals surface area (Å²) in [5.74, 6) is 0. The Labute approximate surface area is 202 Å². The van der Waals surface area contributed by atoms with Crippen LogP contribution in [-0.4, -0.2) is 43.6 Å². The molecule has 3 aromatic carbocycles. The first-order valence-electron chi connectivity index (χ1n) is 11.0. The summed E-state index contributed by atoms with van der Waals surface area (Å²) >= 11 is 0. The second-order valence-electron chi connectivity index (χ2n) is 8.96. The van der Waals surface area contributed by atoms with Crippen LogP contribution in [0.3, 0.4) is 0 Å². The number of benzene rings is 3. The highest BCUT2D eigenvalue weighted by Gasteiger charge is 2.43. The van der Waals surface area contributed by atoms with Gasteiger partial charge >= 0.3 is 0 Å². The van der Waals surface area contributed by atoms with Gasteiger partial charge in [-0.1, -0.05) is 53.6 Å². The number of rotatable bonds is 4. The van der Waals surface area contributed by atoms with Gasteiger partial charge in [-0.15, -0.1) is 0 Å². The molecule has 0 bridgehead atoms. The molecule has 0 fully saturated rings. The fraction of sp³-hybridized carbons (Fsp3) is 0.259. The molecular formula is C27H31N3O3S. The van der Waals surface area contributed by atoms with Crippen LogP contribution in [0.4, 0.5) is 11.4 Å². The summed E-state index contributed by atoms with van der Waals surface area (Å²) < 4.78 is 33.4. The van der Waals surface area contributed by atoms with Crippen LogP contribution >= 0.6 is 0 Å². The summed E-state index contributed by atoms with van der Waals surface area (Å²) in [7, 11) is -0.175. The van der Waals surface area contributed by atoms with Gasteiger partial charge in [-0.05, 0) is 52.0 Å². The van der Waals surface area contributed by atoms with Crippen molar-refractivity contribution in [1.82, 2.24) is 0 Å². The highest BCUT2D eigenvalue weighted by atomic mass is 32.2. The van der Waals surface area contributed by atoms with Gasteiger partial charge < -0.3 is 4.55 Å². The summed E-state index contributed by atoms with van der Waals surface area (Å²) in [6, 6.07) is 22.7. The SMILES string of the molecule is Cc1ccc(N(C)N=CC2=[N+](C)c3ccccc3C2(C)C)cc1.Cc1ccc(S(=O)(=O)[O-])cc1. The van der Waals surface area contributed by atoms with E-state index in [2.05, 4.69) is 86.0 Å². The maximum Gasteiger partial charge on any atom is 0.212 e. The van der Waals surface area contributed by atoms with E-state index in [1.54, 1.807) is 12.1 Å². The number of aryl methyl sites for hydroxylation is 2. The first-order chi connectivity index (χ1) is 15.9. The van der Waals surface area contributed by atoms with Gasteiger partial charge in [-0.25, -0.2) is 8.42 Å². The molecule has 0 spiro atoms. The van der Waals surface area contributed by atoms with Crippen LogP contribution in [0.5, 0.6) is 0 Å². The number of anilines is 1. The highest BCUT2D eigenvalue weighted by Crippen LogP contribution is 2.38. The Morgan fingerprint density at radius 3 is 1.97 bits per heavy atom. The third-order valence-corrected chi connectivity index (χ3v) is 6.86. The Bertz CT molecular complexity index is 1320. The zero-order chi connectivity index (χ0) is 25.1. The van der Waals surface area contributed by atoms with Crippen LogP contribution in [0.25, 0.3) is 0 Å². The normalized spacial score (nSPS) is 14.6. The molecule has 0 saturated carbocycles. The van der Waals surface area contributed by atoms with E-state index in [4.69, 9.17) is 0 Å². The number of hydrogen-bond donors (Lipinski definition) is 0. The molecule has 0 amide bonds. The van der Waals surface area contributed by atoms with Crippen molar-refractivity contribution in [3.8, 4) is 0 Å². The largest absolute Gasteiger partial charge is 0.744 e. The van der Waals surface area contributed by atoms with E-state index in [9.17, 15) is 13.0 Å². The number of para-hydroxylation sites is 1. The zero-order valence-electron chi connectivity index (χ0n) is 20.5. The summed E-state index contributed by atoms with van der Waals surface area (Å²) in [5.41, 5.74) is 7.05. The maximum atomic E-state index is 10.4. The van der Waals surface area contributed by atoms with Crippen molar-refractivity contribution in [1.29, 1.82) is 0 Å². The van der Waals surface area contributed by atoms with E-state index in [1.165, 1.54) is 34.7 Å². The smallest absolute Gasteiger partial charge is 0.212 e. The number of nitrogens with zero attached hydrogens (tertiary/aromatic N) is 3. The molecular weight excluding hydrogens is 446 g/mol. The lowest BCUT2D eigenvalue weighted by molar-refractivity contribution is -0.400. The Balaban J connectivity index is 0.000000248. The average Bonchev–Trinajstić information content (AvgIpc) is 2.98. The monoisotopic (exact) mass is 477 g/mol. The summed E-state index contributed by atoms with van der Waals surface area (Å²) in [4.78, 5) is -0.178. The van der Waals surface area contributed by atoms with Crippen LogP contribution in [0.15, 0.2) is 82.8 Å². The van der Waals surface area contributed by atoms with Crippen LogP contribution < -0.4 is 5.01 Å². The molecule has 1 aliphatic heterocycles. The van der Waals surface area contributed by atoms with Crippen LogP contribution in [0.1, 0.15) is 30.5 Å². The fourth-order valence-corrected chi connectivity index (χ4v) is 4.37. The van der Waals surface area contributed by atoms with Crippen LogP contribution in [-0.2, 0) is 15.5 Å². The molecule has 0 saturated heterocycles. The van der Waals surface area contributed by atoms with Gasteiger partial charge in [0.05, 0.1) is 16.0 Å². The summed E-state index contributed by atoms with van der Waals surface area (Å²) in [5, 5.41) is 6.58. The molecule has 3 aromatic rings. The lowest BCUT2D eigenvalue weighted by atomic mass is 9.82. The van der Waals surface area contributed by atoms with E-state index in [1.807, 2.05) is 25.2 Å². The van der Waals surface area contributed by atoms with E-state index >= 15 is 0 Å². The quantitative estimate of drug-likeness (QED) is 0.229. The molecule has 1 aliphatic rings. The molecule has 0 radical (unpaired) electrons. The van der Waals surface area contributed by atoms with Crippen LogP contribution in [0, 0.1) is 13.8 Å². The summed E-state index contributed by atoms with van der Waals surface area (Å²) in [6.07, 6.45) is 1.99. The molecule has 6 nitrogen and oxygen atoms in total. The van der Waals surface area contributed by atoms with Crippen molar-refractivity contribution >= 4 is 33.4 Å². The third kappa shape index (κ3) is 5.61. The predicted molar refractivity (Wildman–Crippen MR) is 138 cm³/mol. The average molecular weight is 478 g/mol. The Kier molecular flexibility index (Phi) is 7.38. The number of hydrazone groups is 1. The van der Waals surface area contributed by atoms with E-state index in [-0.39, 0.29) is 10.3 Å². The Morgan fingerprint density at radius 1 is 0.912 bits per heavy atom. The van der Waals surface area contributed by atoms with Gasteiger partial charge in [-0.2, -0.15) is 9.68 Å². The fourth-order valence-electron chi connectivity index (χ4n) is 3.90. The van der Waals surface area contributed by atoms with Crippen molar-refractivity contribution in [2.75, 3.05) is 19.1 Å². The van der Waals surface area contributed by atoms with Gasteiger partial charge in [0, 0.05) is 18.7 Å². The van der Waals surface area contributed by atoms with E-state index in [0.717, 1.165) is 11.3 Å². The minimum absolute atomic E-state index is 0.0387. The van der Waals surface area contributed by atoms with Crippen molar-refractivity contribution in [3.63, 3.8) is 0 Å². The summed E-state index contributed by atoms with van der Waals surface area (Å²) in [6.45, 7) is 8.42. The molecule has 0 N–H and O–H groups in total. The number of fused-ring (bicyclic) bond motifs is 1. The second-order valence-corrected chi connectivity index (χ2v) is 10.3. The molecule has 0 unspecified atom stereocenters. The Morgan fingerprint density at radius 2 is 1.44 bits per heavy atom. The van der Waals surface area contributed by atoms with E-state index < -0.39 is 10.1 Å². The highest BCUT2D eigenvalue weighted by molar-refractivity contribution is 7.85. The molecule has 1 heterocycles. The van der Waals surface area contributed by atoms with Gasteiger partial charge in [0.15, 0.2) is 0 Å². The third-order valence-electron chi connectivity index (χ3n) is 6.01. The van der Waals surface area contributed by atoms with Crippen LogP contribution in [0.2, 0.25) is 0 Å². The van der Waals surface area contributed by atoms with Gasteiger partial charge in [0.1, 0.15) is 23.4 Å². The lowest BCUT2D eigenvalue weighted by Crippen LogP contribution is -2.30. The molecule has 0 aromatic heterocycles. The zero-order valence-corrected chi connectivity index (χ0v) is 21.3. The Hall–Kier alpha value is -3.29. The molecule has 34 heavy (non-hydrogen) atoms. The standard InChI is InChI=1S/C20H24N3.C7H8O3S/c1-15-10-12-16(13-11-15)23(5)21-14-19-20(2,3)17-8-6-7-9-18(17)22(19)4;1-6-2-4-7(5-3-6)11(8,9)10/h6-14H,1-5H3;2-5H,1H3,(H,8,9,10)/q+1;/p-1. The first kappa shape index (κ1) is 25.3. The topological polar surface area (TPSA) is 75.8 Å². The molecule has 0 atom stereocenters. The van der Waals surface area contributed by atoms with Gasteiger partial charge in [-0.3, -0.25) is 5.01 Å². The molecule has 4 rings (SSSR count). The second kappa shape index (κ2) is 9.91. The first-order valence-corrected chi connectivity index (χ1v) is 12.4. The maximum absolute atomic E-state index is 10.4. The van der Waals surface area contributed by atoms with Gasteiger partial charge in [0.2, 0.25) is 11.4 Å². The van der Waals surface area contributed by atoms with Crippen molar-refractivity contribution < 1.29 is 17.5 Å². The molecule has 178 valence electrons. The minimum Gasteiger partial charge on any atom is -0.744 e. The minimum atomic E-state index is -4.27.